The molecule has 1 aliphatic rings. The Labute approximate surface area is 109 Å². The molecule has 2 heterocycles. The Morgan fingerprint density at radius 3 is 2.78 bits per heavy atom. The van der Waals surface area contributed by atoms with Gasteiger partial charge in [-0.3, -0.25) is 0 Å². The number of hydrogen-bond acceptors (Lipinski definition) is 5. The molecule has 0 saturated heterocycles. The SMILES string of the molecule is Cn1nnc(C2CNN=C2c2ccc(Cl)cc2)n1. The van der Waals surface area contributed by atoms with E-state index >= 15 is 0 Å². The number of nitrogens with one attached hydrogen (secondary N) is 1. The highest BCUT2D eigenvalue weighted by molar-refractivity contribution is 6.30. The lowest BCUT2D eigenvalue weighted by molar-refractivity contribution is 0.625. The number of halogens is 1. The van der Waals surface area contributed by atoms with Crippen molar-refractivity contribution in [2.45, 2.75) is 5.92 Å². The van der Waals surface area contributed by atoms with Gasteiger partial charge in [0.25, 0.3) is 0 Å². The van der Waals surface area contributed by atoms with Crippen molar-refractivity contribution < 1.29 is 0 Å². The maximum atomic E-state index is 5.88. The second kappa shape index (κ2) is 4.38. The zero-order valence-corrected chi connectivity index (χ0v) is 10.5. The lowest BCUT2D eigenvalue weighted by Crippen LogP contribution is -2.16. The van der Waals surface area contributed by atoms with E-state index in [4.69, 9.17) is 11.6 Å². The van der Waals surface area contributed by atoms with E-state index in [1.165, 1.54) is 4.80 Å². The Balaban J connectivity index is 1.94. The van der Waals surface area contributed by atoms with Crippen molar-refractivity contribution in [1.29, 1.82) is 0 Å². The van der Waals surface area contributed by atoms with Gasteiger partial charge in [0.05, 0.1) is 18.7 Å². The first-order valence-electron chi connectivity index (χ1n) is 5.54. The van der Waals surface area contributed by atoms with Gasteiger partial charge in [0.1, 0.15) is 0 Å². The van der Waals surface area contributed by atoms with Crippen LogP contribution in [0.5, 0.6) is 0 Å². The van der Waals surface area contributed by atoms with E-state index in [0.29, 0.717) is 17.4 Å². The molecule has 0 saturated carbocycles. The third-order valence-corrected chi connectivity index (χ3v) is 3.05. The molecule has 0 amide bonds. The maximum absolute atomic E-state index is 5.88. The first-order chi connectivity index (χ1) is 8.74. The zero-order chi connectivity index (χ0) is 12.5. The minimum absolute atomic E-state index is 0.0277. The van der Waals surface area contributed by atoms with Gasteiger partial charge in [-0.1, -0.05) is 23.7 Å². The number of aromatic nitrogens is 4. The molecule has 0 radical (unpaired) electrons. The van der Waals surface area contributed by atoms with Crippen LogP contribution in [0.1, 0.15) is 17.3 Å². The van der Waals surface area contributed by atoms with Gasteiger partial charge in [0, 0.05) is 11.6 Å². The summed E-state index contributed by atoms with van der Waals surface area (Å²) in [6.45, 7) is 0.684. The number of aryl methyl sites for hydroxylation is 1. The fraction of sp³-hybridized carbons (Fsp3) is 0.273. The van der Waals surface area contributed by atoms with Crippen LogP contribution >= 0.6 is 11.6 Å². The summed E-state index contributed by atoms with van der Waals surface area (Å²) < 4.78 is 0. The molecule has 0 spiro atoms. The van der Waals surface area contributed by atoms with Gasteiger partial charge in [-0.05, 0) is 22.9 Å². The predicted molar refractivity (Wildman–Crippen MR) is 67.5 cm³/mol. The lowest BCUT2D eigenvalue weighted by atomic mass is 9.97. The molecule has 92 valence electrons. The van der Waals surface area contributed by atoms with E-state index in [9.17, 15) is 0 Å². The summed E-state index contributed by atoms with van der Waals surface area (Å²) >= 11 is 5.88. The molecule has 3 rings (SSSR count). The van der Waals surface area contributed by atoms with Crippen molar-refractivity contribution in [3.8, 4) is 0 Å². The molecule has 1 unspecified atom stereocenters. The van der Waals surface area contributed by atoms with E-state index in [1.807, 2.05) is 24.3 Å². The molecule has 7 heteroatoms. The predicted octanol–water partition coefficient (Wildman–Crippen LogP) is 0.955. The molecule has 0 aliphatic carbocycles. The second-order valence-corrected chi connectivity index (χ2v) is 4.49. The molecule has 6 nitrogen and oxygen atoms in total. The van der Waals surface area contributed by atoms with Crippen molar-refractivity contribution in [2.24, 2.45) is 12.1 Å². The first-order valence-corrected chi connectivity index (χ1v) is 5.92. The highest BCUT2D eigenvalue weighted by atomic mass is 35.5. The van der Waals surface area contributed by atoms with Gasteiger partial charge >= 0.3 is 0 Å². The topological polar surface area (TPSA) is 68.0 Å². The largest absolute Gasteiger partial charge is 0.309 e. The molecular formula is C11H11ClN6. The molecular weight excluding hydrogens is 252 g/mol. The quantitative estimate of drug-likeness (QED) is 0.875. The average Bonchev–Trinajstić information content (AvgIpc) is 2.98. The molecule has 1 aromatic heterocycles. The lowest BCUT2D eigenvalue weighted by Gasteiger charge is -2.07. The number of benzene rings is 1. The van der Waals surface area contributed by atoms with Crippen LogP contribution in [0.3, 0.4) is 0 Å². The molecule has 0 fully saturated rings. The van der Waals surface area contributed by atoms with Crippen LogP contribution in [0.25, 0.3) is 0 Å². The summed E-state index contributed by atoms with van der Waals surface area (Å²) in [4.78, 5) is 1.45. The van der Waals surface area contributed by atoms with Gasteiger partial charge < -0.3 is 5.43 Å². The third kappa shape index (κ3) is 1.95. The number of hydrazone groups is 1. The van der Waals surface area contributed by atoms with E-state index in [2.05, 4.69) is 25.9 Å². The number of rotatable bonds is 2. The minimum atomic E-state index is 0.0277. The minimum Gasteiger partial charge on any atom is -0.309 e. The zero-order valence-electron chi connectivity index (χ0n) is 9.71. The summed E-state index contributed by atoms with van der Waals surface area (Å²) in [6, 6.07) is 7.58. The molecule has 18 heavy (non-hydrogen) atoms. The Hall–Kier alpha value is -1.95. The van der Waals surface area contributed by atoms with Crippen molar-refractivity contribution >= 4 is 17.3 Å². The van der Waals surface area contributed by atoms with Crippen LogP contribution in [0.4, 0.5) is 0 Å². The second-order valence-electron chi connectivity index (χ2n) is 4.06. The molecule has 2 aromatic rings. The number of tetrazole rings is 1. The van der Waals surface area contributed by atoms with E-state index in [-0.39, 0.29) is 5.92 Å². The molecule has 1 aromatic carbocycles. The highest BCUT2D eigenvalue weighted by Gasteiger charge is 2.28. The summed E-state index contributed by atoms with van der Waals surface area (Å²) in [7, 11) is 1.75. The van der Waals surface area contributed by atoms with Crippen LogP contribution in [0, 0.1) is 0 Å². The molecule has 1 atom stereocenters. The fourth-order valence-corrected chi connectivity index (χ4v) is 2.06. The van der Waals surface area contributed by atoms with Crippen molar-refractivity contribution in [2.75, 3.05) is 6.54 Å². The standard InChI is InChI=1S/C11H11ClN6/c1-18-16-11(15-17-18)9-6-13-14-10(9)7-2-4-8(12)5-3-7/h2-5,9,13H,6H2,1H3. The van der Waals surface area contributed by atoms with Crippen molar-refractivity contribution in [3.63, 3.8) is 0 Å². The van der Waals surface area contributed by atoms with Crippen LogP contribution in [0.15, 0.2) is 29.4 Å². The average molecular weight is 263 g/mol. The number of hydrogen-bond donors (Lipinski definition) is 1. The molecule has 1 aliphatic heterocycles. The van der Waals surface area contributed by atoms with Crippen LogP contribution in [-0.2, 0) is 7.05 Å². The van der Waals surface area contributed by atoms with Crippen LogP contribution in [-0.4, -0.2) is 32.5 Å². The Bertz CT molecular complexity index is 588. The Kier molecular flexibility index (Phi) is 2.71. The molecule has 0 bridgehead atoms. The highest BCUT2D eigenvalue weighted by Crippen LogP contribution is 2.22. The van der Waals surface area contributed by atoms with Gasteiger partial charge in [-0.2, -0.15) is 9.90 Å². The fourth-order valence-electron chi connectivity index (χ4n) is 1.93. The van der Waals surface area contributed by atoms with Gasteiger partial charge in [0.15, 0.2) is 5.82 Å². The van der Waals surface area contributed by atoms with E-state index in [0.717, 1.165) is 11.3 Å². The van der Waals surface area contributed by atoms with Gasteiger partial charge in [0.2, 0.25) is 0 Å². The summed E-state index contributed by atoms with van der Waals surface area (Å²) in [5.41, 5.74) is 4.91. The Morgan fingerprint density at radius 2 is 2.11 bits per heavy atom. The first kappa shape index (κ1) is 11.2. The van der Waals surface area contributed by atoms with Crippen LogP contribution < -0.4 is 5.43 Å². The smallest absolute Gasteiger partial charge is 0.185 e. The third-order valence-electron chi connectivity index (χ3n) is 2.80. The molecule has 1 N–H and O–H groups in total. The monoisotopic (exact) mass is 262 g/mol. The normalized spacial score (nSPS) is 18.6. The summed E-state index contributed by atoms with van der Waals surface area (Å²) in [6.07, 6.45) is 0. The Morgan fingerprint density at radius 1 is 1.33 bits per heavy atom. The van der Waals surface area contributed by atoms with Crippen LogP contribution in [0.2, 0.25) is 5.02 Å². The maximum Gasteiger partial charge on any atom is 0.185 e. The van der Waals surface area contributed by atoms with Crippen molar-refractivity contribution in [3.05, 3.63) is 40.7 Å². The van der Waals surface area contributed by atoms with Crippen molar-refractivity contribution in [1.82, 2.24) is 25.6 Å². The van der Waals surface area contributed by atoms with E-state index < -0.39 is 0 Å². The number of nitrogens with zero attached hydrogens (tertiary/aromatic N) is 5. The van der Waals surface area contributed by atoms with Gasteiger partial charge in [-0.25, -0.2) is 0 Å². The summed E-state index contributed by atoms with van der Waals surface area (Å²) in [5, 5.41) is 17.2. The van der Waals surface area contributed by atoms with Gasteiger partial charge in [-0.15, -0.1) is 10.2 Å². The van der Waals surface area contributed by atoms with E-state index in [1.54, 1.807) is 7.05 Å². The summed E-state index contributed by atoms with van der Waals surface area (Å²) in [5.74, 6) is 0.705.